The number of benzene rings is 1. The number of hydrogen-bond acceptors (Lipinski definition) is 4. The number of hydrogen-bond donors (Lipinski definition) is 2. The summed E-state index contributed by atoms with van der Waals surface area (Å²) in [6, 6.07) is 1.23. The fourth-order valence-corrected chi connectivity index (χ4v) is 1.69. The second kappa shape index (κ2) is 6.78. The lowest BCUT2D eigenvalue weighted by Gasteiger charge is -2.15. The van der Waals surface area contributed by atoms with Gasteiger partial charge in [0.05, 0.1) is 17.1 Å². The number of nitro benzene ring substituents is 1. The van der Waals surface area contributed by atoms with Crippen molar-refractivity contribution in [1.82, 2.24) is 0 Å². The molecule has 0 spiro atoms. The lowest BCUT2D eigenvalue weighted by molar-refractivity contribution is -0.385. The Bertz CT molecular complexity index is 499. The Morgan fingerprint density at radius 2 is 2.00 bits per heavy atom. The van der Waals surface area contributed by atoms with Crippen LogP contribution in [-0.2, 0) is 4.79 Å². The SMILES string of the molecule is CCC(CNc1c(F)cc([N+](=O)[O-])cc1F)CC(=O)O. The van der Waals surface area contributed by atoms with E-state index >= 15 is 0 Å². The maximum absolute atomic E-state index is 13.6. The van der Waals surface area contributed by atoms with E-state index in [1.807, 2.05) is 0 Å². The molecular formula is C12H14F2N2O4. The molecule has 1 atom stereocenters. The normalized spacial score (nSPS) is 11.9. The van der Waals surface area contributed by atoms with Gasteiger partial charge >= 0.3 is 5.97 Å². The minimum absolute atomic E-state index is 0.0639. The Balaban J connectivity index is 2.82. The average Bonchev–Trinajstić information content (AvgIpc) is 2.35. The van der Waals surface area contributed by atoms with E-state index in [9.17, 15) is 23.7 Å². The van der Waals surface area contributed by atoms with Crippen molar-refractivity contribution >= 4 is 17.3 Å². The predicted octanol–water partition coefficient (Wildman–Crippen LogP) is 2.79. The molecule has 0 amide bonds. The van der Waals surface area contributed by atoms with Crippen LogP contribution in [0.15, 0.2) is 12.1 Å². The largest absolute Gasteiger partial charge is 0.481 e. The van der Waals surface area contributed by atoms with Gasteiger partial charge in [-0.05, 0) is 5.92 Å². The van der Waals surface area contributed by atoms with Crippen LogP contribution in [0.4, 0.5) is 20.2 Å². The molecule has 1 rings (SSSR count). The minimum Gasteiger partial charge on any atom is -0.481 e. The summed E-state index contributed by atoms with van der Waals surface area (Å²) < 4.78 is 27.1. The van der Waals surface area contributed by atoms with Crippen molar-refractivity contribution in [2.24, 2.45) is 5.92 Å². The smallest absolute Gasteiger partial charge is 0.303 e. The zero-order valence-electron chi connectivity index (χ0n) is 10.7. The molecule has 0 aliphatic carbocycles. The van der Waals surface area contributed by atoms with Crippen LogP contribution >= 0.6 is 0 Å². The highest BCUT2D eigenvalue weighted by atomic mass is 19.1. The molecule has 1 aromatic carbocycles. The number of nitrogens with one attached hydrogen (secondary N) is 1. The maximum atomic E-state index is 13.6. The molecule has 0 fully saturated rings. The van der Waals surface area contributed by atoms with Gasteiger partial charge in [0.25, 0.3) is 5.69 Å². The van der Waals surface area contributed by atoms with Gasteiger partial charge in [0.1, 0.15) is 5.69 Å². The number of carboxylic acids is 1. The summed E-state index contributed by atoms with van der Waals surface area (Å²) in [5, 5.41) is 21.6. The number of aliphatic carboxylic acids is 1. The van der Waals surface area contributed by atoms with Gasteiger partial charge in [-0.1, -0.05) is 13.3 Å². The third-order valence-corrected chi connectivity index (χ3v) is 2.85. The number of carboxylic acid groups (broad SMARTS) is 1. The zero-order valence-corrected chi connectivity index (χ0v) is 10.7. The molecular weight excluding hydrogens is 274 g/mol. The number of nitro groups is 1. The minimum atomic E-state index is -1.08. The lowest BCUT2D eigenvalue weighted by Crippen LogP contribution is -2.18. The van der Waals surface area contributed by atoms with Gasteiger partial charge in [-0.2, -0.15) is 0 Å². The molecule has 0 saturated heterocycles. The first-order valence-electron chi connectivity index (χ1n) is 5.94. The van der Waals surface area contributed by atoms with Gasteiger partial charge in [0, 0.05) is 13.0 Å². The monoisotopic (exact) mass is 288 g/mol. The molecule has 1 aromatic rings. The summed E-state index contributed by atoms with van der Waals surface area (Å²) in [7, 11) is 0. The Labute approximate surface area is 113 Å². The highest BCUT2D eigenvalue weighted by Crippen LogP contribution is 2.25. The van der Waals surface area contributed by atoms with Gasteiger partial charge in [-0.3, -0.25) is 14.9 Å². The Hall–Kier alpha value is -2.25. The van der Waals surface area contributed by atoms with Crippen molar-refractivity contribution in [3.05, 3.63) is 33.9 Å². The highest BCUT2D eigenvalue weighted by molar-refractivity contribution is 5.67. The topological polar surface area (TPSA) is 92.5 Å². The van der Waals surface area contributed by atoms with E-state index in [2.05, 4.69) is 5.32 Å². The number of carbonyl (C=O) groups is 1. The van der Waals surface area contributed by atoms with E-state index in [4.69, 9.17) is 5.11 Å². The van der Waals surface area contributed by atoms with E-state index in [0.717, 1.165) is 0 Å². The molecule has 6 nitrogen and oxygen atoms in total. The predicted molar refractivity (Wildman–Crippen MR) is 67.5 cm³/mol. The Morgan fingerprint density at radius 3 is 2.40 bits per heavy atom. The van der Waals surface area contributed by atoms with Crippen molar-refractivity contribution in [3.8, 4) is 0 Å². The van der Waals surface area contributed by atoms with Crippen LogP contribution in [-0.4, -0.2) is 22.5 Å². The van der Waals surface area contributed by atoms with Crippen molar-refractivity contribution in [3.63, 3.8) is 0 Å². The second-order valence-corrected chi connectivity index (χ2v) is 4.29. The van der Waals surface area contributed by atoms with Crippen LogP contribution in [0.3, 0.4) is 0 Å². The standard InChI is InChI=1S/C12H14F2N2O4/c1-2-7(3-11(17)18)6-15-12-9(13)4-8(16(19)20)5-10(12)14/h4-5,7,15H,2-3,6H2,1H3,(H,17,18). The molecule has 110 valence electrons. The second-order valence-electron chi connectivity index (χ2n) is 4.29. The first-order chi connectivity index (χ1) is 9.35. The van der Waals surface area contributed by atoms with Crippen LogP contribution < -0.4 is 5.32 Å². The quantitative estimate of drug-likeness (QED) is 0.594. The third kappa shape index (κ3) is 4.15. The number of halogens is 2. The maximum Gasteiger partial charge on any atom is 0.303 e. The van der Waals surface area contributed by atoms with Crippen LogP contribution in [0.25, 0.3) is 0 Å². The number of nitrogens with zero attached hydrogens (tertiary/aromatic N) is 1. The van der Waals surface area contributed by atoms with Crippen molar-refractivity contribution < 1.29 is 23.6 Å². The summed E-state index contributed by atoms with van der Waals surface area (Å²) in [6.07, 6.45) is 0.398. The molecule has 2 N–H and O–H groups in total. The van der Waals surface area contributed by atoms with Gasteiger partial charge in [-0.15, -0.1) is 0 Å². The first kappa shape index (κ1) is 15.8. The summed E-state index contributed by atoms with van der Waals surface area (Å²) >= 11 is 0. The Morgan fingerprint density at radius 1 is 1.45 bits per heavy atom. The fraction of sp³-hybridized carbons (Fsp3) is 0.417. The Kier molecular flexibility index (Phi) is 5.36. The van der Waals surface area contributed by atoms with Crippen LogP contribution in [0, 0.1) is 27.7 Å². The van der Waals surface area contributed by atoms with E-state index in [-0.39, 0.29) is 18.9 Å². The van der Waals surface area contributed by atoms with E-state index < -0.39 is 33.9 Å². The van der Waals surface area contributed by atoms with E-state index in [1.165, 1.54) is 0 Å². The number of rotatable bonds is 7. The highest BCUT2D eigenvalue weighted by Gasteiger charge is 2.18. The van der Waals surface area contributed by atoms with E-state index in [1.54, 1.807) is 6.92 Å². The van der Waals surface area contributed by atoms with Crippen LogP contribution in [0.5, 0.6) is 0 Å². The van der Waals surface area contributed by atoms with Crippen LogP contribution in [0.2, 0.25) is 0 Å². The molecule has 0 bridgehead atoms. The molecule has 0 aliphatic heterocycles. The number of anilines is 1. The molecule has 0 saturated carbocycles. The molecule has 0 radical (unpaired) electrons. The van der Waals surface area contributed by atoms with Gasteiger partial charge in [-0.25, -0.2) is 8.78 Å². The van der Waals surface area contributed by atoms with Crippen molar-refractivity contribution in [2.45, 2.75) is 19.8 Å². The molecule has 0 aromatic heterocycles. The fourth-order valence-electron chi connectivity index (χ4n) is 1.69. The zero-order chi connectivity index (χ0) is 15.3. The van der Waals surface area contributed by atoms with Crippen molar-refractivity contribution in [2.75, 3.05) is 11.9 Å². The lowest BCUT2D eigenvalue weighted by atomic mass is 10.0. The molecule has 8 heteroatoms. The average molecular weight is 288 g/mol. The molecule has 0 aliphatic rings. The first-order valence-corrected chi connectivity index (χ1v) is 5.94. The summed E-state index contributed by atoms with van der Waals surface area (Å²) in [5.74, 6) is -3.45. The summed E-state index contributed by atoms with van der Waals surface area (Å²) in [5.41, 5.74) is -1.16. The molecule has 20 heavy (non-hydrogen) atoms. The molecule has 1 unspecified atom stereocenters. The van der Waals surface area contributed by atoms with E-state index in [0.29, 0.717) is 18.6 Å². The van der Waals surface area contributed by atoms with Gasteiger partial charge < -0.3 is 10.4 Å². The number of non-ortho nitro benzene ring substituents is 1. The molecule has 0 heterocycles. The van der Waals surface area contributed by atoms with Crippen molar-refractivity contribution in [1.29, 1.82) is 0 Å². The van der Waals surface area contributed by atoms with Gasteiger partial charge in [0.2, 0.25) is 0 Å². The summed E-state index contributed by atoms with van der Waals surface area (Å²) in [6.45, 7) is 1.83. The third-order valence-electron chi connectivity index (χ3n) is 2.85. The van der Waals surface area contributed by atoms with Gasteiger partial charge in [0.15, 0.2) is 11.6 Å². The summed E-state index contributed by atoms with van der Waals surface area (Å²) in [4.78, 5) is 20.1. The van der Waals surface area contributed by atoms with Crippen LogP contribution in [0.1, 0.15) is 19.8 Å².